The second kappa shape index (κ2) is 10.2. The average molecular weight is 283 g/mol. The van der Waals surface area contributed by atoms with Crippen LogP contribution in [0.4, 0.5) is 0 Å². The summed E-state index contributed by atoms with van der Waals surface area (Å²) in [4.78, 5) is 14.3. The van der Waals surface area contributed by atoms with E-state index in [0.29, 0.717) is 18.3 Å². The van der Waals surface area contributed by atoms with E-state index in [1.54, 1.807) is 0 Å². The summed E-state index contributed by atoms with van der Waals surface area (Å²) in [6, 6.07) is 0. The zero-order valence-electron chi connectivity index (χ0n) is 13.6. The lowest BCUT2D eigenvalue weighted by Crippen LogP contribution is -2.36. The third-order valence-electron chi connectivity index (χ3n) is 4.51. The van der Waals surface area contributed by atoms with Gasteiger partial charge in [-0.1, -0.05) is 20.8 Å². The number of nitrogens with zero attached hydrogens (tertiary/aromatic N) is 1. The molecule has 1 amide bonds. The normalized spacial score (nSPS) is 20.9. The standard InChI is InChI=1S/C16H33N3O/c1-4-19(5-2)11-7-10-18-16(20)12-14(3)15-8-6-9-17-13-15/h14-15,17H,4-13H2,1-3H3,(H,18,20). The van der Waals surface area contributed by atoms with Gasteiger partial charge in [0.05, 0.1) is 0 Å². The summed E-state index contributed by atoms with van der Waals surface area (Å²) in [5.41, 5.74) is 0. The summed E-state index contributed by atoms with van der Waals surface area (Å²) in [5.74, 6) is 1.39. The van der Waals surface area contributed by atoms with Crippen LogP contribution in [0.1, 0.15) is 46.5 Å². The van der Waals surface area contributed by atoms with E-state index in [9.17, 15) is 4.79 Å². The highest BCUT2D eigenvalue weighted by Gasteiger charge is 2.21. The predicted octanol–water partition coefficient (Wildman–Crippen LogP) is 1.86. The summed E-state index contributed by atoms with van der Waals surface area (Å²) < 4.78 is 0. The fourth-order valence-electron chi connectivity index (χ4n) is 2.97. The van der Waals surface area contributed by atoms with Gasteiger partial charge in [0, 0.05) is 13.0 Å². The molecule has 1 fully saturated rings. The van der Waals surface area contributed by atoms with Crippen molar-refractivity contribution in [2.24, 2.45) is 11.8 Å². The van der Waals surface area contributed by atoms with Gasteiger partial charge in [-0.3, -0.25) is 4.79 Å². The van der Waals surface area contributed by atoms with Crippen molar-refractivity contribution in [2.75, 3.05) is 39.3 Å². The zero-order chi connectivity index (χ0) is 14.8. The van der Waals surface area contributed by atoms with Crippen molar-refractivity contribution < 1.29 is 4.79 Å². The minimum absolute atomic E-state index is 0.225. The highest BCUT2D eigenvalue weighted by Crippen LogP contribution is 2.22. The van der Waals surface area contributed by atoms with Crippen LogP contribution < -0.4 is 10.6 Å². The Labute approximate surface area is 124 Å². The third-order valence-corrected chi connectivity index (χ3v) is 4.51. The number of rotatable bonds is 9. The fraction of sp³-hybridized carbons (Fsp3) is 0.938. The van der Waals surface area contributed by atoms with Crippen LogP contribution in [0.15, 0.2) is 0 Å². The van der Waals surface area contributed by atoms with E-state index < -0.39 is 0 Å². The molecular formula is C16H33N3O. The van der Waals surface area contributed by atoms with E-state index in [1.165, 1.54) is 12.8 Å². The van der Waals surface area contributed by atoms with Gasteiger partial charge >= 0.3 is 0 Å². The molecule has 4 heteroatoms. The fourth-order valence-corrected chi connectivity index (χ4v) is 2.97. The number of amides is 1. The quantitative estimate of drug-likeness (QED) is 0.635. The number of hydrogen-bond donors (Lipinski definition) is 2. The Morgan fingerprint density at radius 1 is 1.40 bits per heavy atom. The number of nitrogens with one attached hydrogen (secondary N) is 2. The van der Waals surface area contributed by atoms with Crippen LogP contribution in [0, 0.1) is 11.8 Å². The van der Waals surface area contributed by atoms with E-state index in [2.05, 4.69) is 36.3 Å². The summed E-state index contributed by atoms with van der Waals surface area (Å²) in [6.45, 7) is 12.9. The Balaban J connectivity index is 2.10. The Hall–Kier alpha value is -0.610. The van der Waals surface area contributed by atoms with E-state index in [0.717, 1.165) is 45.7 Å². The molecule has 4 nitrogen and oxygen atoms in total. The smallest absolute Gasteiger partial charge is 0.220 e. The van der Waals surface area contributed by atoms with Gasteiger partial charge in [-0.05, 0) is 63.8 Å². The highest BCUT2D eigenvalue weighted by molar-refractivity contribution is 5.76. The van der Waals surface area contributed by atoms with Crippen molar-refractivity contribution in [3.05, 3.63) is 0 Å². The maximum atomic E-state index is 11.9. The molecule has 1 heterocycles. The molecule has 2 unspecified atom stereocenters. The highest BCUT2D eigenvalue weighted by atomic mass is 16.1. The van der Waals surface area contributed by atoms with Crippen molar-refractivity contribution in [3.8, 4) is 0 Å². The molecule has 2 N–H and O–H groups in total. The molecular weight excluding hydrogens is 250 g/mol. The monoisotopic (exact) mass is 283 g/mol. The number of carbonyl (C=O) groups excluding carboxylic acids is 1. The molecule has 0 saturated carbocycles. The number of hydrogen-bond acceptors (Lipinski definition) is 3. The maximum Gasteiger partial charge on any atom is 0.220 e. The van der Waals surface area contributed by atoms with Crippen molar-refractivity contribution in [2.45, 2.75) is 46.5 Å². The Bertz CT molecular complexity index is 260. The molecule has 0 spiro atoms. The number of carbonyl (C=O) groups is 1. The van der Waals surface area contributed by atoms with Gasteiger partial charge in [-0.2, -0.15) is 0 Å². The van der Waals surface area contributed by atoms with Gasteiger partial charge < -0.3 is 15.5 Å². The Kier molecular flexibility index (Phi) is 8.86. The molecule has 1 aliphatic rings. The summed E-state index contributed by atoms with van der Waals surface area (Å²) >= 11 is 0. The first kappa shape index (κ1) is 17.4. The second-order valence-corrected chi connectivity index (χ2v) is 6.02. The lowest BCUT2D eigenvalue weighted by Gasteiger charge is -2.28. The molecule has 0 aliphatic carbocycles. The van der Waals surface area contributed by atoms with Gasteiger partial charge in [0.15, 0.2) is 0 Å². The van der Waals surface area contributed by atoms with E-state index in [4.69, 9.17) is 0 Å². The number of piperidine rings is 1. The molecule has 118 valence electrons. The third kappa shape index (κ3) is 6.71. The minimum Gasteiger partial charge on any atom is -0.356 e. The van der Waals surface area contributed by atoms with Crippen molar-refractivity contribution in [3.63, 3.8) is 0 Å². The Morgan fingerprint density at radius 3 is 2.75 bits per heavy atom. The van der Waals surface area contributed by atoms with Crippen molar-refractivity contribution >= 4 is 5.91 Å². The first-order valence-electron chi connectivity index (χ1n) is 8.37. The molecule has 0 aromatic heterocycles. The van der Waals surface area contributed by atoms with Gasteiger partial charge in [0.2, 0.25) is 5.91 Å². The van der Waals surface area contributed by atoms with Gasteiger partial charge in [-0.15, -0.1) is 0 Å². The zero-order valence-corrected chi connectivity index (χ0v) is 13.6. The van der Waals surface area contributed by atoms with Crippen LogP contribution in [0.5, 0.6) is 0 Å². The maximum absolute atomic E-state index is 11.9. The summed E-state index contributed by atoms with van der Waals surface area (Å²) in [7, 11) is 0. The van der Waals surface area contributed by atoms with Gasteiger partial charge in [-0.25, -0.2) is 0 Å². The van der Waals surface area contributed by atoms with Crippen molar-refractivity contribution in [1.82, 2.24) is 15.5 Å². The topological polar surface area (TPSA) is 44.4 Å². The molecule has 20 heavy (non-hydrogen) atoms. The summed E-state index contributed by atoms with van der Waals surface area (Å²) in [6.07, 6.45) is 4.24. The first-order valence-corrected chi connectivity index (χ1v) is 8.37. The van der Waals surface area contributed by atoms with Crippen LogP contribution >= 0.6 is 0 Å². The largest absolute Gasteiger partial charge is 0.356 e. The van der Waals surface area contributed by atoms with Crippen LogP contribution in [-0.2, 0) is 4.79 Å². The van der Waals surface area contributed by atoms with Gasteiger partial charge in [0.1, 0.15) is 0 Å². The Morgan fingerprint density at radius 2 is 2.15 bits per heavy atom. The molecule has 1 saturated heterocycles. The van der Waals surface area contributed by atoms with Crippen LogP contribution in [-0.4, -0.2) is 50.1 Å². The molecule has 1 aliphatic heterocycles. The van der Waals surface area contributed by atoms with E-state index in [1.807, 2.05) is 0 Å². The van der Waals surface area contributed by atoms with Crippen LogP contribution in [0.25, 0.3) is 0 Å². The van der Waals surface area contributed by atoms with Crippen LogP contribution in [0.2, 0.25) is 0 Å². The molecule has 1 rings (SSSR count). The molecule has 0 aromatic carbocycles. The molecule has 0 radical (unpaired) electrons. The first-order chi connectivity index (χ1) is 9.67. The van der Waals surface area contributed by atoms with Gasteiger partial charge in [0.25, 0.3) is 0 Å². The van der Waals surface area contributed by atoms with E-state index in [-0.39, 0.29) is 5.91 Å². The minimum atomic E-state index is 0.225. The molecule has 0 aromatic rings. The predicted molar refractivity (Wildman–Crippen MR) is 84.8 cm³/mol. The lowest BCUT2D eigenvalue weighted by atomic mass is 9.85. The average Bonchev–Trinajstić information content (AvgIpc) is 2.48. The second-order valence-electron chi connectivity index (χ2n) is 6.02. The summed E-state index contributed by atoms with van der Waals surface area (Å²) in [5, 5.41) is 6.50. The molecule has 2 atom stereocenters. The van der Waals surface area contributed by atoms with E-state index >= 15 is 0 Å². The lowest BCUT2D eigenvalue weighted by molar-refractivity contribution is -0.122. The van der Waals surface area contributed by atoms with Crippen molar-refractivity contribution in [1.29, 1.82) is 0 Å². The SMILES string of the molecule is CCN(CC)CCCNC(=O)CC(C)C1CCCNC1. The molecule has 0 bridgehead atoms. The van der Waals surface area contributed by atoms with Crippen LogP contribution in [0.3, 0.4) is 0 Å².